The molecule has 0 aromatic heterocycles. The van der Waals surface area contributed by atoms with Gasteiger partial charge in [-0.2, -0.15) is 0 Å². The van der Waals surface area contributed by atoms with E-state index in [1.807, 2.05) is 6.07 Å². The Kier molecular flexibility index (Phi) is 4.05. The maximum absolute atomic E-state index is 10.9. The summed E-state index contributed by atoms with van der Waals surface area (Å²) in [6, 6.07) is 5.19. The first-order valence-electron chi connectivity index (χ1n) is 5.93. The highest BCUT2D eigenvalue weighted by molar-refractivity contribution is 9.10. The zero-order valence-electron chi connectivity index (χ0n) is 9.58. The van der Waals surface area contributed by atoms with Crippen molar-refractivity contribution in [3.05, 3.63) is 28.2 Å². The molecular formula is C13H16BrNO2. The SMILES string of the molecule is O=C(O)c1cc(Br)cc(NCCCC2CC2)c1. The molecule has 92 valence electrons. The van der Waals surface area contributed by atoms with Gasteiger partial charge in [0, 0.05) is 16.7 Å². The van der Waals surface area contributed by atoms with Crippen LogP contribution in [0, 0.1) is 5.92 Å². The summed E-state index contributed by atoms with van der Waals surface area (Å²) in [6.45, 7) is 0.909. The van der Waals surface area contributed by atoms with Crippen LogP contribution in [0.25, 0.3) is 0 Å². The number of carboxylic acid groups (broad SMARTS) is 1. The molecule has 1 aromatic rings. The molecule has 2 N–H and O–H groups in total. The Labute approximate surface area is 109 Å². The van der Waals surface area contributed by atoms with Crippen LogP contribution < -0.4 is 5.32 Å². The Morgan fingerprint density at radius 3 is 2.82 bits per heavy atom. The van der Waals surface area contributed by atoms with Gasteiger partial charge in [-0.25, -0.2) is 4.79 Å². The predicted octanol–water partition coefficient (Wildman–Crippen LogP) is 3.75. The number of aromatic carboxylic acids is 1. The third kappa shape index (κ3) is 4.04. The quantitative estimate of drug-likeness (QED) is 0.786. The summed E-state index contributed by atoms with van der Waals surface area (Å²) in [6.07, 6.45) is 5.21. The summed E-state index contributed by atoms with van der Waals surface area (Å²) in [4.78, 5) is 10.9. The minimum Gasteiger partial charge on any atom is -0.478 e. The van der Waals surface area contributed by atoms with E-state index in [0.717, 1.165) is 29.0 Å². The van der Waals surface area contributed by atoms with Crippen LogP contribution in [0.4, 0.5) is 5.69 Å². The third-order valence-electron chi connectivity index (χ3n) is 2.96. The number of carbonyl (C=O) groups is 1. The molecule has 0 amide bonds. The minimum absolute atomic E-state index is 0.309. The molecule has 1 aliphatic rings. The standard InChI is InChI=1S/C13H16BrNO2/c14-11-6-10(13(16)17)7-12(8-11)15-5-1-2-9-3-4-9/h6-9,15H,1-5H2,(H,16,17). The van der Waals surface area contributed by atoms with Gasteiger partial charge in [0.2, 0.25) is 0 Å². The molecule has 1 fully saturated rings. The molecule has 1 saturated carbocycles. The normalized spacial score (nSPS) is 14.6. The number of hydrogen-bond acceptors (Lipinski definition) is 2. The Morgan fingerprint density at radius 1 is 1.41 bits per heavy atom. The second-order valence-electron chi connectivity index (χ2n) is 4.55. The lowest BCUT2D eigenvalue weighted by molar-refractivity contribution is 0.0697. The van der Waals surface area contributed by atoms with Gasteiger partial charge in [-0.3, -0.25) is 0 Å². The average Bonchev–Trinajstić information content (AvgIpc) is 3.07. The number of nitrogens with one attached hydrogen (secondary N) is 1. The van der Waals surface area contributed by atoms with E-state index in [2.05, 4.69) is 21.2 Å². The third-order valence-corrected chi connectivity index (χ3v) is 3.42. The number of rotatable bonds is 6. The Bertz CT molecular complexity index is 416. The molecule has 0 saturated heterocycles. The van der Waals surface area contributed by atoms with Crippen molar-refractivity contribution in [2.75, 3.05) is 11.9 Å². The van der Waals surface area contributed by atoms with Crippen molar-refractivity contribution in [2.45, 2.75) is 25.7 Å². The molecule has 3 nitrogen and oxygen atoms in total. The lowest BCUT2D eigenvalue weighted by Crippen LogP contribution is -2.04. The summed E-state index contributed by atoms with van der Waals surface area (Å²) in [5, 5.41) is 12.2. The number of halogens is 1. The van der Waals surface area contributed by atoms with E-state index in [-0.39, 0.29) is 0 Å². The summed E-state index contributed by atoms with van der Waals surface area (Å²) in [5.74, 6) is 0.0567. The highest BCUT2D eigenvalue weighted by atomic mass is 79.9. The van der Waals surface area contributed by atoms with E-state index < -0.39 is 5.97 Å². The van der Waals surface area contributed by atoms with Crippen molar-refractivity contribution in [2.24, 2.45) is 5.92 Å². The van der Waals surface area contributed by atoms with Crippen molar-refractivity contribution in [3.63, 3.8) is 0 Å². The minimum atomic E-state index is -0.896. The average molecular weight is 298 g/mol. The van der Waals surface area contributed by atoms with Gasteiger partial charge in [0.25, 0.3) is 0 Å². The molecule has 0 bridgehead atoms. The summed E-state index contributed by atoms with van der Waals surface area (Å²) < 4.78 is 0.794. The number of benzene rings is 1. The Balaban J connectivity index is 1.87. The van der Waals surface area contributed by atoms with Crippen LogP contribution in [0.5, 0.6) is 0 Å². The van der Waals surface area contributed by atoms with E-state index in [9.17, 15) is 4.79 Å². The van der Waals surface area contributed by atoms with Gasteiger partial charge in [0.05, 0.1) is 5.56 Å². The fourth-order valence-electron chi connectivity index (χ4n) is 1.85. The highest BCUT2D eigenvalue weighted by Crippen LogP contribution is 2.33. The van der Waals surface area contributed by atoms with Gasteiger partial charge in [0.1, 0.15) is 0 Å². The van der Waals surface area contributed by atoms with E-state index in [4.69, 9.17) is 5.11 Å². The first-order chi connectivity index (χ1) is 8.15. The van der Waals surface area contributed by atoms with Gasteiger partial charge >= 0.3 is 5.97 Å². The fraction of sp³-hybridized carbons (Fsp3) is 0.462. The monoisotopic (exact) mass is 297 g/mol. The molecule has 4 heteroatoms. The van der Waals surface area contributed by atoms with Crippen LogP contribution in [0.3, 0.4) is 0 Å². The van der Waals surface area contributed by atoms with Crippen LogP contribution in [0.2, 0.25) is 0 Å². The molecule has 0 aliphatic heterocycles. The topological polar surface area (TPSA) is 49.3 Å². The van der Waals surface area contributed by atoms with Gasteiger partial charge < -0.3 is 10.4 Å². The lowest BCUT2D eigenvalue weighted by Gasteiger charge is -2.07. The van der Waals surface area contributed by atoms with Crippen molar-refractivity contribution < 1.29 is 9.90 Å². The van der Waals surface area contributed by atoms with Gasteiger partial charge in [-0.05, 0) is 37.0 Å². The van der Waals surface area contributed by atoms with E-state index in [0.29, 0.717) is 5.56 Å². The molecule has 1 aromatic carbocycles. The largest absolute Gasteiger partial charge is 0.478 e. The van der Waals surface area contributed by atoms with Crippen molar-refractivity contribution >= 4 is 27.6 Å². The van der Waals surface area contributed by atoms with E-state index in [1.54, 1.807) is 12.1 Å². The Hall–Kier alpha value is -1.03. The summed E-state index contributed by atoms with van der Waals surface area (Å²) >= 11 is 3.32. The van der Waals surface area contributed by atoms with Crippen LogP contribution in [0.15, 0.2) is 22.7 Å². The van der Waals surface area contributed by atoms with Crippen LogP contribution in [-0.2, 0) is 0 Å². The number of anilines is 1. The maximum atomic E-state index is 10.9. The molecule has 17 heavy (non-hydrogen) atoms. The number of hydrogen-bond donors (Lipinski definition) is 2. The summed E-state index contributed by atoms with van der Waals surface area (Å²) in [7, 11) is 0. The zero-order chi connectivity index (χ0) is 12.3. The van der Waals surface area contributed by atoms with Gasteiger partial charge in [-0.1, -0.05) is 28.8 Å². The highest BCUT2D eigenvalue weighted by Gasteiger charge is 2.19. The van der Waals surface area contributed by atoms with Crippen molar-refractivity contribution in [3.8, 4) is 0 Å². The van der Waals surface area contributed by atoms with E-state index in [1.165, 1.54) is 19.3 Å². The predicted molar refractivity (Wildman–Crippen MR) is 71.5 cm³/mol. The lowest BCUT2D eigenvalue weighted by atomic mass is 10.2. The summed E-state index contributed by atoms with van der Waals surface area (Å²) in [5.41, 5.74) is 1.18. The molecule has 1 aliphatic carbocycles. The molecule has 0 atom stereocenters. The fourth-order valence-corrected chi connectivity index (χ4v) is 2.34. The molecule has 0 radical (unpaired) electrons. The van der Waals surface area contributed by atoms with Crippen LogP contribution >= 0.6 is 15.9 Å². The molecule has 0 heterocycles. The molecule has 0 spiro atoms. The molecule has 2 rings (SSSR count). The van der Waals surface area contributed by atoms with Crippen LogP contribution in [-0.4, -0.2) is 17.6 Å². The molecular weight excluding hydrogens is 282 g/mol. The van der Waals surface area contributed by atoms with Crippen molar-refractivity contribution in [1.29, 1.82) is 0 Å². The van der Waals surface area contributed by atoms with Crippen molar-refractivity contribution in [1.82, 2.24) is 0 Å². The second kappa shape index (κ2) is 5.54. The maximum Gasteiger partial charge on any atom is 0.335 e. The first kappa shape index (κ1) is 12.4. The smallest absolute Gasteiger partial charge is 0.335 e. The van der Waals surface area contributed by atoms with Gasteiger partial charge in [0.15, 0.2) is 0 Å². The second-order valence-corrected chi connectivity index (χ2v) is 5.46. The van der Waals surface area contributed by atoms with Gasteiger partial charge in [-0.15, -0.1) is 0 Å². The number of carboxylic acids is 1. The first-order valence-corrected chi connectivity index (χ1v) is 6.72. The Morgan fingerprint density at radius 2 is 2.18 bits per heavy atom. The molecule has 0 unspecified atom stereocenters. The van der Waals surface area contributed by atoms with Crippen LogP contribution in [0.1, 0.15) is 36.0 Å². The van der Waals surface area contributed by atoms with E-state index >= 15 is 0 Å². The zero-order valence-corrected chi connectivity index (χ0v) is 11.2.